The van der Waals surface area contributed by atoms with Crippen LogP contribution >= 0.6 is 11.6 Å². The van der Waals surface area contributed by atoms with Crippen molar-refractivity contribution in [2.75, 3.05) is 20.6 Å². The van der Waals surface area contributed by atoms with Crippen LogP contribution in [-0.2, 0) is 6.54 Å². The first-order valence-electron chi connectivity index (χ1n) is 5.31. The molecule has 0 aliphatic carbocycles. The van der Waals surface area contributed by atoms with Crippen molar-refractivity contribution in [3.63, 3.8) is 0 Å². The number of hydrogen-bond acceptors (Lipinski definition) is 2. The van der Waals surface area contributed by atoms with E-state index in [1.165, 1.54) is 6.07 Å². The van der Waals surface area contributed by atoms with Crippen LogP contribution in [0.1, 0.15) is 12.5 Å². The Morgan fingerprint density at radius 2 is 2.12 bits per heavy atom. The summed E-state index contributed by atoms with van der Waals surface area (Å²) in [6.45, 7) is 3.74. The molecule has 0 aliphatic heterocycles. The molecule has 1 N–H and O–H groups in total. The summed E-state index contributed by atoms with van der Waals surface area (Å²) in [5, 5.41) is 3.49. The molecule has 0 radical (unpaired) electrons. The van der Waals surface area contributed by atoms with Gasteiger partial charge in [-0.3, -0.25) is 0 Å². The lowest BCUT2D eigenvalue weighted by Crippen LogP contribution is -2.35. The van der Waals surface area contributed by atoms with Crippen LogP contribution in [-0.4, -0.2) is 31.6 Å². The fourth-order valence-electron chi connectivity index (χ4n) is 1.26. The summed E-state index contributed by atoms with van der Waals surface area (Å²) in [6.07, 6.45) is 0. The van der Waals surface area contributed by atoms with Crippen LogP contribution in [0.3, 0.4) is 0 Å². The van der Waals surface area contributed by atoms with Crippen molar-refractivity contribution in [1.82, 2.24) is 10.2 Å². The Labute approximate surface area is 101 Å². The molecule has 0 bridgehead atoms. The quantitative estimate of drug-likeness (QED) is 0.856. The lowest BCUT2D eigenvalue weighted by Gasteiger charge is -2.20. The van der Waals surface area contributed by atoms with Gasteiger partial charge in [0.25, 0.3) is 0 Å². The van der Waals surface area contributed by atoms with Gasteiger partial charge in [0.1, 0.15) is 5.82 Å². The second kappa shape index (κ2) is 6.18. The summed E-state index contributed by atoms with van der Waals surface area (Å²) >= 11 is 5.69. The molecule has 0 aliphatic rings. The van der Waals surface area contributed by atoms with Gasteiger partial charge in [-0.1, -0.05) is 17.7 Å². The van der Waals surface area contributed by atoms with Crippen LogP contribution in [0.2, 0.25) is 5.02 Å². The molecular formula is C12H18ClFN2. The first-order chi connectivity index (χ1) is 7.50. The number of hydrogen-bond donors (Lipinski definition) is 1. The summed E-state index contributed by atoms with van der Waals surface area (Å²) in [4.78, 5) is 2.14. The standard InChI is InChI=1S/C12H18ClFN2/c1-9(16(2)3)7-15-8-10-4-5-12(14)11(13)6-10/h4-6,9,15H,7-8H2,1-3H3. The van der Waals surface area contributed by atoms with Crippen LogP contribution in [0.5, 0.6) is 0 Å². The zero-order chi connectivity index (χ0) is 12.1. The van der Waals surface area contributed by atoms with Gasteiger partial charge in [-0.2, -0.15) is 0 Å². The number of nitrogens with zero attached hydrogens (tertiary/aromatic N) is 1. The van der Waals surface area contributed by atoms with Gasteiger partial charge < -0.3 is 10.2 Å². The Morgan fingerprint density at radius 3 is 2.69 bits per heavy atom. The van der Waals surface area contributed by atoms with E-state index in [1.807, 2.05) is 14.1 Å². The lowest BCUT2D eigenvalue weighted by molar-refractivity contribution is 0.302. The Morgan fingerprint density at radius 1 is 1.44 bits per heavy atom. The van der Waals surface area contributed by atoms with Crippen molar-refractivity contribution in [2.24, 2.45) is 0 Å². The van der Waals surface area contributed by atoms with Crippen LogP contribution in [0.4, 0.5) is 4.39 Å². The molecule has 0 saturated carbocycles. The highest BCUT2D eigenvalue weighted by Crippen LogP contribution is 2.15. The molecule has 90 valence electrons. The average molecular weight is 245 g/mol. The Bertz CT molecular complexity index is 342. The first-order valence-corrected chi connectivity index (χ1v) is 5.69. The van der Waals surface area contributed by atoms with Crippen molar-refractivity contribution < 1.29 is 4.39 Å². The largest absolute Gasteiger partial charge is 0.311 e. The zero-order valence-corrected chi connectivity index (χ0v) is 10.7. The molecular weight excluding hydrogens is 227 g/mol. The van der Waals surface area contributed by atoms with Crippen molar-refractivity contribution in [2.45, 2.75) is 19.5 Å². The average Bonchev–Trinajstić information content (AvgIpc) is 2.23. The molecule has 16 heavy (non-hydrogen) atoms. The summed E-state index contributed by atoms with van der Waals surface area (Å²) in [7, 11) is 4.09. The molecule has 1 aromatic carbocycles. The maximum atomic E-state index is 12.9. The van der Waals surface area contributed by atoms with E-state index < -0.39 is 0 Å². The maximum absolute atomic E-state index is 12.9. The van der Waals surface area contributed by atoms with Crippen molar-refractivity contribution in [3.8, 4) is 0 Å². The van der Waals surface area contributed by atoms with E-state index in [-0.39, 0.29) is 10.8 Å². The number of halogens is 2. The molecule has 4 heteroatoms. The molecule has 1 unspecified atom stereocenters. The lowest BCUT2D eigenvalue weighted by atomic mass is 10.2. The number of likely N-dealkylation sites (N-methyl/N-ethyl adjacent to an activating group) is 1. The fraction of sp³-hybridized carbons (Fsp3) is 0.500. The van der Waals surface area contributed by atoms with Gasteiger partial charge >= 0.3 is 0 Å². The van der Waals surface area contributed by atoms with Crippen molar-refractivity contribution >= 4 is 11.6 Å². The minimum absolute atomic E-state index is 0.181. The summed E-state index contributed by atoms with van der Waals surface area (Å²) < 4.78 is 12.9. The van der Waals surface area contributed by atoms with Gasteiger partial charge in [0.15, 0.2) is 0 Å². The number of benzene rings is 1. The molecule has 0 fully saturated rings. The predicted octanol–water partition coefficient (Wildman–Crippen LogP) is 2.52. The van der Waals surface area contributed by atoms with Gasteiger partial charge in [0, 0.05) is 19.1 Å². The van der Waals surface area contributed by atoms with E-state index in [0.717, 1.165) is 12.1 Å². The second-order valence-corrected chi connectivity index (χ2v) is 4.60. The fourth-order valence-corrected chi connectivity index (χ4v) is 1.46. The third-order valence-corrected chi connectivity index (χ3v) is 2.92. The highest BCUT2D eigenvalue weighted by Gasteiger charge is 2.04. The normalized spacial score (nSPS) is 13.1. The smallest absolute Gasteiger partial charge is 0.141 e. The first kappa shape index (κ1) is 13.4. The van der Waals surface area contributed by atoms with Crippen LogP contribution < -0.4 is 5.32 Å². The van der Waals surface area contributed by atoms with Gasteiger partial charge in [0.2, 0.25) is 0 Å². The molecule has 1 rings (SSSR count). The van der Waals surface area contributed by atoms with Crippen LogP contribution in [0, 0.1) is 5.82 Å². The molecule has 1 aromatic rings. The van der Waals surface area contributed by atoms with E-state index in [1.54, 1.807) is 12.1 Å². The molecule has 2 nitrogen and oxygen atoms in total. The predicted molar refractivity (Wildman–Crippen MR) is 66.3 cm³/mol. The minimum Gasteiger partial charge on any atom is -0.311 e. The zero-order valence-electron chi connectivity index (χ0n) is 9.93. The number of nitrogens with one attached hydrogen (secondary N) is 1. The SMILES string of the molecule is CC(CNCc1ccc(F)c(Cl)c1)N(C)C. The van der Waals surface area contributed by atoms with Gasteiger partial charge in [-0.05, 0) is 38.7 Å². The Hall–Kier alpha value is -0.640. The molecule has 0 spiro atoms. The van der Waals surface area contributed by atoms with Crippen LogP contribution in [0.15, 0.2) is 18.2 Å². The molecule has 0 amide bonds. The number of rotatable bonds is 5. The second-order valence-electron chi connectivity index (χ2n) is 4.19. The van der Waals surface area contributed by atoms with Crippen molar-refractivity contribution in [1.29, 1.82) is 0 Å². The molecule has 0 aromatic heterocycles. The van der Waals surface area contributed by atoms with Gasteiger partial charge in [-0.25, -0.2) is 4.39 Å². The highest BCUT2D eigenvalue weighted by molar-refractivity contribution is 6.30. The third-order valence-electron chi connectivity index (χ3n) is 2.63. The Kier molecular flexibility index (Phi) is 5.19. The van der Waals surface area contributed by atoms with Gasteiger partial charge in [0.05, 0.1) is 5.02 Å². The van der Waals surface area contributed by atoms with E-state index in [9.17, 15) is 4.39 Å². The van der Waals surface area contributed by atoms with Crippen molar-refractivity contribution in [3.05, 3.63) is 34.6 Å². The Balaban J connectivity index is 2.40. The molecule has 0 saturated heterocycles. The minimum atomic E-state index is -0.368. The third kappa shape index (κ3) is 4.08. The monoisotopic (exact) mass is 244 g/mol. The molecule has 1 atom stereocenters. The maximum Gasteiger partial charge on any atom is 0.141 e. The highest BCUT2D eigenvalue weighted by atomic mass is 35.5. The molecule has 0 heterocycles. The van der Waals surface area contributed by atoms with E-state index in [4.69, 9.17) is 11.6 Å². The van der Waals surface area contributed by atoms with Crippen LogP contribution in [0.25, 0.3) is 0 Å². The van der Waals surface area contributed by atoms with E-state index in [2.05, 4.69) is 17.1 Å². The summed E-state index contributed by atoms with van der Waals surface area (Å²) in [5.74, 6) is -0.368. The summed E-state index contributed by atoms with van der Waals surface area (Å²) in [5.41, 5.74) is 0.998. The topological polar surface area (TPSA) is 15.3 Å². The van der Waals surface area contributed by atoms with E-state index >= 15 is 0 Å². The van der Waals surface area contributed by atoms with E-state index in [0.29, 0.717) is 12.6 Å². The van der Waals surface area contributed by atoms with Gasteiger partial charge in [-0.15, -0.1) is 0 Å². The summed E-state index contributed by atoms with van der Waals surface area (Å²) in [6, 6.07) is 5.27.